The fourth-order valence-electron chi connectivity index (χ4n) is 0.489. The normalized spacial score (nSPS) is 8.80. The molecule has 0 aliphatic carbocycles. The van der Waals surface area contributed by atoms with Gasteiger partial charge in [0.15, 0.2) is 5.75 Å². The van der Waals surface area contributed by atoms with Gasteiger partial charge in [-0.25, -0.2) is 4.98 Å². The van der Waals surface area contributed by atoms with Crippen LogP contribution in [0.4, 0.5) is 4.39 Å². The van der Waals surface area contributed by atoms with E-state index in [0.29, 0.717) is 0 Å². The van der Waals surface area contributed by atoms with Crippen LogP contribution in [0.2, 0.25) is 0 Å². The Morgan fingerprint density at radius 2 is 2.30 bits per heavy atom. The smallest absolute Gasteiger partial charge is 0.256 e. The Kier molecular flexibility index (Phi) is 1.50. The molecular formula is C6H3FN2O. The van der Waals surface area contributed by atoms with Gasteiger partial charge in [-0.1, -0.05) is 0 Å². The van der Waals surface area contributed by atoms with E-state index >= 15 is 0 Å². The average Bonchev–Trinajstić information content (AvgIpc) is 1.95. The summed E-state index contributed by atoms with van der Waals surface area (Å²) in [7, 11) is 0. The number of nitrogens with zero attached hydrogens (tertiary/aromatic N) is 2. The molecule has 0 radical (unpaired) electrons. The van der Waals surface area contributed by atoms with Gasteiger partial charge in [0.1, 0.15) is 11.8 Å². The van der Waals surface area contributed by atoms with E-state index in [-0.39, 0.29) is 5.69 Å². The quantitative estimate of drug-likeness (QED) is 0.539. The summed E-state index contributed by atoms with van der Waals surface area (Å²) in [6, 6.07) is 3.95. The summed E-state index contributed by atoms with van der Waals surface area (Å²) in [6.07, 6.45) is 0. The van der Waals surface area contributed by atoms with E-state index in [0.717, 1.165) is 6.07 Å². The molecule has 0 saturated heterocycles. The van der Waals surface area contributed by atoms with Crippen molar-refractivity contribution in [3.8, 4) is 11.8 Å². The van der Waals surface area contributed by atoms with Gasteiger partial charge in [0, 0.05) is 0 Å². The first-order chi connectivity index (χ1) is 4.74. The fraction of sp³-hybridized carbons (Fsp3) is 0. The van der Waals surface area contributed by atoms with Crippen LogP contribution in [0, 0.1) is 17.3 Å². The molecule has 4 heteroatoms. The Morgan fingerprint density at radius 1 is 1.60 bits per heavy atom. The highest BCUT2D eigenvalue weighted by Crippen LogP contribution is 2.11. The van der Waals surface area contributed by atoms with E-state index in [2.05, 4.69) is 4.98 Å². The minimum absolute atomic E-state index is 0.0460. The van der Waals surface area contributed by atoms with Crippen LogP contribution in [0.1, 0.15) is 5.69 Å². The zero-order valence-corrected chi connectivity index (χ0v) is 4.87. The molecule has 50 valence electrons. The lowest BCUT2D eigenvalue weighted by molar-refractivity contribution is 0.418. The SMILES string of the molecule is N#Cc1ccc(O)c(F)n1. The Labute approximate surface area is 56.4 Å². The third kappa shape index (κ3) is 1.03. The first-order valence-electron chi connectivity index (χ1n) is 2.49. The Balaban J connectivity index is 3.20. The van der Waals surface area contributed by atoms with Crippen LogP contribution >= 0.6 is 0 Å². The van der Waals surface area contributed by atoms with Crippen molar-refractivity contribution in [1.82, 2.24) is 4.98 Å². The van der Waals surface area contributed by atoms with Crippen LogP contribution in [-0.2, 0) is 0 Å². The molecule has 0 aliphatic rings. The van der Waals surface area contributed by atoms with Crippen molar-refractivity contribution >= 4 is 0 Å². The monoisotopic (exact) mass is 138 g/mol. The van der Waals surface area contributed by atoms with E-state index in [9.17, 15) is 4.39 Å². The maximum absolute atomic E-state index is 12.3. The first-order valence-corrected chi connectivity index (χ1v) is 2.49. The van der Waals surface area contributed by atoms with Crippen LogP contribution < -0.4 is 0 Å². The topological polar surface area (TPSA) is 56.9 Å². The van der Waals surface area contributed by atoms with E-state index in [1.54, 1.807) is 6.07 Å². The number of halogens is 1. The van der Waals surface area contributed by atoms with Crippen LogP contribution in [-0.4, -0.2) is 10.1 Å². The van der Waals surface area contributed by atoms with Crippen LogP contribution in [0.25, 0.3) is 0 Å². The van der Waals surface area contributed by atoms with Crippen molar-refractivity contribution in [3.63, 3.8) is 0 Å². The highest BCUT2D eigenvalue weighted by atomic mass is 19.1. The van der Waals surface area contributed by atoms with Crippen LogP contribution in [0.15, 0.2) is 12.1 Å². The molecule has 3 nitrogen and oxygen atoms in total. The zero-order valence-electron chi connectivity index (χ0n) is 4.87. The molecule has 1 aromatic rings. The predicted molar refractivity (Wildman–Crippen MR) is 30.6 cm³/mol. The maximum atomic E-state index is 12.3. The number of hydrogen-bond donors (Lipinski definition) is 1. The number of aromatic nitrogens is 1. The first kappa shape index (κ1) is 6.49. The largest absolute Gasteiger partial charge is 0.504 e. The lowest BCUT2D eigenvalue weighted by atomic mass is 10.3. The summed E-state index contributed by atoms with van der Waals surface area (Å²) >= 11 is 0. The number of nitriles is 1. The van der Waals surface area contributed by atoms with Gasteiger partial charge in [0.2, 0.25) is 0 Å². The van der Waals surface area contributed by atoms with Gasteiger partial charge >= 0.3 is 0 Å². The summed E-state index contributed by atoms with van der Waals surface area (Å²) in [4.78, 5) is 3.11. The third-order valence-corrected chi connectivity index (χ3v) is 0.944. The lowest BCUT2D eigenvalue weighted by Gasteiger charge is -1.91. The minimum atomic E-state index is -1.01. The van der Waals surface area contributed by atoms with Gasteiger partial charge in [-0.05, 0) is 12.1 Å². The molecule has 1 N–H and O–H groups in total. The second-order valence-corrected chi connectivity index (χ2v) is 1.62. The minimum Gasteiger partial charge on any atom is -0.504 e. The van der Waals surface area contributed by atoms with Crippen LogP contribution in [0.5, 0.6) is 5.75 Å². The summed E-state index contributed by atoms with van der Waals surface area (Å²) in [5.41, 5.74) is -0.0460. The lowest BCUT2D eigenvalue weighted by Crippen LogP contribution is -1.86. The summed E-state index contributed by atoms with van der Waals surface area (Å²) in [5, 5.41) is 16.8. The Hall–Kier alpha value is -1.63. The summed E-state index contributed by atoms with van der Waals surface area (Å²) in [6.45, 7) is 0. The molecule has 0 aromatic carbocycles. The highest BCUT2D eigenvalue weighted by molar-refractivity contribution is 5.26. The van der Waals surface area contributed by atoms with Crippen molar-refractivity contribution in [2.24, 2.45) is 0 Å². The molecule has 0 aliphatic heterocycles. The number of hydrogen-bond acceptors (Lipinski definition) is 3. The molecule has 0 atom stereocenters. The summed E-state index contributed by atoms with van der Waals surface area (Å²) < 4.78 is 12.3. The molecule has 0 saturated carbocycles. The van der Waals surface area contributed by atoms with E-state index < -0.39 is 11.7 Å². The standard InChI is InChI=1S/C6H3FN2O/c7-6-5(10)2-1-4(3-8)9-6/h1-2,10H. The summed E-state index contributed by atoms with van der Waals surface area (Å²) in [5.74, 6) is -1.56. The molecule has 0 bridgehead atoms. The van der Waals surface area contributed by atoms with Gasteiger partial charge in [-0.3, -0.25) is 0 Å². The van der Waals surface area contributed by atoms with Crippen molar-refractivity contribution in [3.05, 3.63) is 23.8 Å². The molecule has 1 rings (SSSR count). The van der Waals surface area contributed by atoms with Gasteiger partial charge < -0.3 is 5.11 Å². The van der Waals surface area contributed by atoms with E-state index in [1.807, 2.05) is 0 Å². The molecular weight excluding hydrogens is 135 g/mol. The van der Waals surface area contributed by atoms with Crippen LogP contribution in [0.3, 0.4) is 0 Å². The third-order valence-electron chi connectivity index (χ3n) is 0.944. The van der Waals surface area contributed by atoms with Gasteiger partial charge in [-0.2, -0.15) is 9.65 Å². The predicted octanol–water partition coefficient (Wildman–Crippen LogP) is 0.798. The van der Waals surface area contributed by atoms with Gasteiger partial charge in [-0.15, -0.1) is 0 Å². The molecule has 10 heavy (non-hydrogen) atoms. The molecule has 0 spiro atoms. The fourth-order valence-corrected chi connectivity index (χ4v) is 0.489. The number of aromatic hydroxyl groups is 1. The zero-order chi connectivity index (χ0) is 7.56. The second-order valence-electron chi connectivity index (χ2n) is 1.62. The molecule has 1 heterocycles. The van der Waals surface area contributed by atoms with Crippen molar-refractivity contribution < 1.29 is 9.50 Å². The Bertz CT molecular complexity index is 292. The molecule has 0 unspecified atom stereocenters. The van der Waals surface area contributed by atoms with Gasteiger partial charge in [0.25, 0.3) is 5.95 Å². The molecule has 0 fully saturated rings. The molecule has 0 amide bonds. The Morgan fingerprint density at radius 3 is 2.80 bits per heavy atom. The van der Waals surface area contributed by atoms with E-state index in [4.69, 9.17) is 10.4 Å². The number of pyridine rings is 1. The van der Waals surface area contributed by atoms with Gasteiger partial charge in [0.05, 0.1) is 0 Å². The van der Waals surface area contributed by atoms with Crippen molar-refractivity contribution in [1.29, 1.82) is 5.26 Å². The second kappa shape index (κ2) is 2.31. The van der Waals surface area contributed by atoms with E-state index in [1.165, 1.54) is 6.07 Å². The average molecular weight is 138 g/mol. The highest BCUT2D eigenvalue weighted by Gasteiger charge is 2.00. The van der Waals surface area contributed by atoms with Crippen molar-refractivity contribution in [2.45, 2.75) is 0 Å². The maximum Gasteiger partial charge on any atom is 0.256 e. The number of rotatable bonds is 0. The molecule has 1 aromatic heterocycles. The van der Waals surface area contributed by atoms with Crippen molar-refractivity contribution in [2.75, 3.05) is 0 Å².